The number of benzene rings is 1. The molecule has 0 aliphatic carbocycles. The van der Waals surface area contributed by atoms with Gasteiger partial charge in [-0.3, -0.25) is 15.0 Å². The first-order chi connectivity index (χ1) is 11.2. The fourth-order valence-electron chi connectivity index (χ4n) is 3.32. The summed E-state index contributed by atoms with van der Waals surface area (Å²) in [5, 5.41) is 18.6. The molecule has 2 aromatic heterocycles. The molecule has 1 aliphatic heterocycles. The molecular formula is C16H18N6O. The van der Waals surface area contributed by atoms with E-state index >= 15 is 0 Å². The van der Waals surface area contributed by atoms with Crippen molar-refractivity contribution >= 4 is 16.8 Å². The topological polar surface area (TPSA) is 112 Å². The van der Waals surface area contributed by atoms with Crippen molar-refractivity contribution < 1.29 is 4.79 Å². The Balaban J connectivity index is 1.91. The normalized spacial score (nSPS) is 16.0. The molecule has 3 heterocycles. The van der Waals surface area contributed by atoms with Gasteiger partial charge in [0.15, 0.2) is 0 Å². The second-order valence-corrected chi connectivity index (χ2v) is 5.93. The molecule has 0 radical (unpaired) electrons. The summed E-state index contributed by atoms with van der Waals surface area (Å²) in [6.07, 6.45) is 5.64. The number of fused-ring (bicyclic) bond motifs is 1. The number of piperidine rings is 1. The van der Waals surface area contributed by atoms with Crippen molar-refractivity contribution in [2.24, 2.45) is 5.73 Å². The summed E-state index contributed by atoms with van der Waals surface area (Å²) in [5.74, 6) is -0.0507. The van der Waals surface area contributed by atoms with Crippen LogP contribution in [0.5, 0.6) is 0 Å². The third kappa shape index (κ3) is 2.39. The number of amides is 1. The van der Waals surface area contributed by atoms with Crippen LogP contribution in [0, 0.1) is 0 Å². The summed E-state index contributed by atoms with van der Waals surface area (Å²) < 4.78 is 0. The predicted octanol–water partition coefficient (Wildman–Crippen LogP) is 1.52. The lowest BCUT2D eigenvalue weighted by Gasteiger charge is -2.21. The zero-order valence-corrected chi connectivity index (χ0v) is 12.6. The smallest absolute Gasteiger partial charge is 0.251 e. The number of nitrogens with two attached hydrogens (primary N) is 1. The molecule has 0 atom stereocenters. The van der Waals surface area contributed by atoms with Crippen LogP contribution in [0.1, 0.15) is 34.8 Å². The van der Waals surface area contributed by atoms with E-state index in [1.54, 1.807) is 18.5 Å². The maximum absolute atomic E-state index is 11.9. The Bertz CT molecular complexity index is 845. The second kappa shape index (κ2) is 5.51. The molecule has 7 heteroatoms. The number of carbonyl (C=O) groups is 1. The summed E-state index contributed by atoms with van der Waals surface area (Å²) in [4.78, 5) is 11.9. The molecule has 0 bridgehead atoms. The fourth-order valence-corrected chi connectivity index (χ4v) is 3.32. The molecule has 5 N–H and O–H groups in total. The molecule has 0 saturated carbocycles. The van der Waals surface area contributed by atoms with E-state index in [1.807, 2.05) is 0 Å². The molecule has 118 valence electrons. The van der Waals surface area contributed by atoms with E-state index in [4.69, 9.17) is 5.73 Å². The summed E-state index contributed by atoms with van der Waals surface area (Å²) in [5.41, 5.74) is 9.58. The quantitative estimate of drug-likeness (QED) is 0.587. The van der Waals surface area contributed by atoms with E-state index in [0.29, 0.717) is 17.0 Å². The number of nitrogens with one attached hydrogen (secondary N) is 3. The van der Waals surface area contributed by atoms with Crippen molar-refractivity contribution in [2.75, 3.05) is 13.1 Å². The van der Waals surface area contributed by atoms with Gasteiger partial charge in [-0.15, -0.1) is 0 Å². The van der Waals surface area contributed by atoms with Crippen molar-refractivity contribution in [3.05, 3.63) is 35.8 Å². The standard InChI is InChI=1S/C16H18N6O/c17-16(23)13-6-10(11-7-19-20-8-11)5-12-14(21-22-15(12)13)9-1-3-18-4-2-9/h5-9,18H,1-4H2,(H2,17,23)(H,19,20)(H,21,22). The summed E-state index contributed by atoms with van der Waals surface area (Å²) in [6.45, 7) is 1.99. The number of aromatic nitrogens is 4. The van der Waals surface area contributed by atoms with Crippen LogP contribution in [0.4, 0.5) is 0 Å². The second-order valence-electron chi connectivity index (χ2n) is 5.93. The van der Waals surface area contributed by atoms with Gasteiger partial charge in [-0.2, -0.15) is 10.2 Å². The lowest BCUT2D eigenvalue weighted by atomic mass is 9.91. The minimum atomic E-state index is -0.469. The molecule has 1 saturated heterocycles. The molecule has 4 rings (SSSR count). The summed E-state index contributed by atoms with van der Waals surface area (Å²) >= 11 is 0. The highest BCUT2D eigenvalue weighted by Gasteiger charge is 2.22. The van der Waals surface area contributed by atoms with Crippen LogP contribution in [0.3, 0.4) is 0 Å². The fraction of sp³-hybridized carbons (Fsp3) is 0.312. The van der Waals surface area contributed by atoms with Gasteiger partial charge >= 0.3 is 0 Å². The summed E-state index contributed by atoms with van der Waals surface area (Å²) in [6, 6.07) is 3.84. The molecule has 3 aromatic rings. The highest BCUT2D eigenvalue weighted by Crippen LogP contribution is 2.33. The van der Waals surface area contributed by atoms with Crippen molar-refractivity contribution in [3.8, 4) is 11.1 Å². The lowest BCUT2D eigenvalue weighted by Crippen LogP contribution is -2.26. The van der Waals surface area contributed by atoms with Gasteiger partial charge in [-0.1, -0.05) is 0 Å². The third-order valence-electron chi connectivity index (χ3n) is 4.53. The summed E-state index contributed by atoms with van der Waals surface area (Å²) in [7, 11) is 0. The van der Waals surface area contributed by atoms with Crippen LogP contribution in [-0.2, 0) is 0 Å². The molecule has 1 amide bonds. The van der Waals surface area contributed by atoms with Gasteiger partial charge in [0, 0.05) is 28.8 Å². The largest absolute Gasteiger partial charge is 0.366 e. The third-order valence-corrected chi connectivity index (χ3v) is 4.53. The van der Waals surface area contributed by atoms with E-state index in [9.17, 15) is 4.79 Å². The van der Waals surface area contributed by atoms with Gasteiger partial charge < -0.3 is 11.1 Å². The number of aromatic amines is 2. The van der Waals surface area contributed by atoms with E-state index in [0.717, 1.165) is 48.1 Å². The lowest BCUT2D eigenvalue weighted by molar-refractivity contribution is 0.100. The van der Waals surface area contributed by atoms with Gasteiger partial charge in [-0.25, -0.2) is 0 Å². The zero-order chi connectivity index (χ0) is 15.8. The van der Waals surface area contributed by atoms with Gasteiger partial charge in [0.05, 0.1) is 11.8 Å². The number of H-pyrrole nitrogens is 2. The molecule has 1 fully saturated rings. The number of carbonyl (C=O) groups excluding carboxylic acids is 1. The van der Waals surface area contributed by atoms with E-state index in [2.05, 4.69) is 31.8 Å². The Labute approximate surface area is 132 Å². The highest BCUT2D eigenvalue weighted by molar-refractivity contribution is 6.07. The number of nitrogens with zero attached hydrogens (tertiary/aromatic N) is 2. The highest BCUT2D eigenvalue weighted by atomic mass is 16.1. The molecule has 7 nitrogen and oxygen atoms in total. The first kappa shape index (κ1) is 14.0. The SMILES string of the molecule is NC(=O)c1cc(-c2cn[nH]c2)cc2c(C3CCNCC3)[nH]nc12. The van der Waals surface area contributed by atoms with Gasteiger partial charge in [-0.05, 0) is 43.6 Å². The predicted molar refractivity (Wildman–Crippen MR) is 87.0 cm³/mol. The van der Waals surface area contributed by atoms with E-state index in [-0.39, 0.29) is 0 Å². The molecule has 1 aliphatic rings. The average Bonchev–Trinajstić information content (AvgIpc) is 3.24. The Morgan fingerprint density at radius 2 is 2.04 bits per heavy atom. The van der Waals surface area contributed by atoms with Crippen LogP contribution in [0.2, 0.25) is 0 Å². The van der Waals surface area contributed by atoms with E-state index < -0.39 is 5.91 Å². The van der Waals surface area contributed by atoms with E-state index in [1.165, 1.54) is 0 Å². The first-order valence-corrected chi connectivity index (χ1v) is 7.75. The van der Waals surface area contributed by atoms with Crippen molar-refractivity contribution in [2.45, 2.75) is 18.8 Å². The van der Waals surface area contributed by atoms with Gasteiger partial charge in [0.2, 0.25) is 0 Å². The first-order valence-electron chi connectivity index (χ1n) is 7.75. The van der Waals surface area contributed by atoms with Crippen LogP contribution >= 0.6 is 0 Å². The Kier molecular flexibility index (Phi) is 3.34. The van der Waals surface area contributed by atoms with Crippen LogP contribution in [0.25, 0.3) is 22.0 Å². The van der Waals surface area contributed by atoms with Crippen molar-refractivity contribution in [1.82, 2.24) is 25.7 Å². The minimum Gasteiger partial charge on any atom is -0.366 e. The van der Waals surface area contributed by atoms with Gasteiger partial charge in [0.1, 0.15) is 5.52 Å². The Morgan fingerprint density at radius 3 is 2.74 bits per heavy atom. The molecule has 0 spiro atoms. The molecule has 0 unspecified atom stereocenters. The maximum atomic E-state index is 11.9. The molecule has 1 aromatic carbocycles. The Morgan fingerprint density at radius 1 is 1.22 bits per heavy atom. The average molecular weight is 310 g/mol. The number of primary amides is 1. The molecular weight excluding hydrogens is 292 g/mol. The van der Waals surface area contributed by atoms with Gasteiger partial charge in [0.25, 0.3) is 5.91 Å². The van der Waals surface area contributed by atoms with Crippen LogP contribution in [0.15, 0.2) is 24.5 Å². The van der Waals surface area contributed by atoms with Crippen molar-refractivity contribution in [3.63, 3.8) is 0 Å². The maximum Gasteiger partial charge on any atom is 0.251 e. The van der Waals surface area contributed by atoms with Crippen LogP contribution < -0.4 is 11.1 Å². The monoisotopic (exact) mass is 310 g/mol. The van der Waals surface area contributed by atoms with Crippen LogP contribution in [-0.4, -0.2) is 39.4 Å². The number of rotatable bonds is 3. The molecule has 23 heavy (non-hydrogen) atoms. The van der Waals surface area contributed by atoms with Crippen molar-refractivity contribution in [1.29, 1.82) is 0 Å². The number of hydrogen-bond donors (Lipinski definition) is 4. The minimum absolute atomic E-state index is 0.418. The Hall–Kier alpha value is -2.67. The zero-order valence-electron chi connectivity index (χ0n) is 12.6. The number of hydrogen-bond acceptors (Lipinski definition) is 4.